The third kappa shape index (κ3) is 3.72. The Hall–Kier alpha value is -2.51. The molecule has 1 atom stereocenters. The number of nitrogens with one attached hydrogen (secondary N) is 1. The van der Waals surface area contributed by atoms with Crippen molar-refractivity contribution in [2.75, 3.05) is 25.3 Å². The van der Waals surface area contributed by atoms with Gasteiger partial charge in [-0.1, -0.05) is 6.07 Å². The third-order valence-corrected chi connectivity index (χ3v) is 6.44. The summed E-state index contributed by atoms with van der Waals surface area (Å²) in [6, 6.07) is 8.37. The summed E-state index contributed by atoms with van der Waals surface area (Å²) >= 11 is 1.65. The Morgan fingerprint density at radius 1 is 1.21 bits per heavy atom. The molecule has 0 saturated carbocycles. The molecule has 1 unspecified atom stereocenters. The normalized spacial score (nSPS) is 17.8. The number of benzene rings is 1. The number of anilines is 1. The van der Waals surface area contributed by atoms with Crippen LogP contribution in [0.15, 0.2) is 29.6 Å². The van der Waals surface area contributed by atoms with Crippen molar-refractivity contribution in [3.63, 3.8) is 0 Å². The molecule has 2 aromatic heterocycles. The molecule has 1 aromatic carbocycles. The van der Waals surface area contributed by atoms with E-state index < -0.39 is 0 Å². The van der Waals surface area contributed by atoms with E-state index in [1.54, 1.807) is 11.3 Å². The third-order valence-electron chi connectivity index (χ3n) is 5.64. The lowest BCUT2D eigenvalue weighted by Crippen LogP contribution is -2.18. The van der Waals surface area contributed by atoms with Gasteiger partial charge < -0.3 is 24.1 Å². The first kappa shape index (κ1) is 18.5. The summed E-state index contributed by atoms with van der Waals surface area (Å²) in [7, 11) is 0. The van der Waals surface area contributed by atoms with Gasteiger partial charge in [0.2, 0.25) is 6.79 Å². The van der Waals surface area contributed by atoms with Crippen molar-refractivity contribution >= 4 is 16.5 Å². The summed E-state index contributed by atoms with van der Waals surface area (Å²) in [5, 5.41) is 6.52. The van der Waals surface area contributed by atoms with Crippen molar-refractivity contribution in [3.8, 4) is 22.8 Å². The lowest BCUT2D eigenvalue weighted by molar-refractivity contribution is 0.120. The summed E-state index contributed by atoms with van der Waals surface area (Å²) in [5.74, 6) is 1.65. The second kappa shape index (κ2) is 7.72. The van der Waals surface area contributed by atoms with Gasteiger partial charge >= 0.3 is 0 Å². The van der Waals surface area contributed by atoms with Gasteiger partial charge in [-0.05, 0) is 50.5 Å². The molecule has 5 rings (SSSR count). The van der Waals surface area contributed by atoms with Crippen LogP contribution in [0.3, 0.4) is 0 Å². The van der Waals surface area contributed by atoms with Crippen LogP contribution in [0.5, 0.6) is 11.5 Å². The number of aromatic nitrogens is 2. The molecule has 4 heterocycles. The molecule has 6 nitrogen and oxygen atoms in total. The monoisotopic (exact) mass is 411 g/mol. The second-order valence-corrected chi connectivity index (χ2v) is 8.47. The molecule has 2 aliphatic heterocycles. The van der Waals surface area contributed by atoms with Gasteiger partial charge in [0, 0.05) is 42.0 Å². The standard InChI is InChI=1S/C22H25N3O3S/c1-14-8-18(19-12-29-22(24-19)23-10-17-4-3-7-26-17)15(2)25(14)11-16-5-6-20-21(9-16)28-13-27-20/h5-6,8-9,12,17H,3-4,7,10-11,13H2,1-2H3,(H,23,24). The van der Waals surface area contributed by atoms with Crippen LogP contribution in [-0.2, 0) is 11.3 Å². The number of ether oxygens (including phenoxy) is 3. The molecule has 0 spiro atoms. The molecule has 29 heavy (non-hydrogen) atoms. The minimum absolute atomic E-state index is 0.303. The summed E-state index contributed by atoms with van der Waals surface area (Å²) in [6.45, 7) is 7.11. The van der Waals surface area contributed by atoms with Gasteiger partial charge in [-0.3, -0.25) is 0 Å². The zero-order chi connectivity index (χ0) is 19.8. The van der Waals surface area contributed by atoms with Crippen LogP contribution in [-0.4, -0.2) is 35.6 Å². The molecule has 7 heteroatoms. The summed E-state index contributed by atoms with van der Waals surface area (Å²) in [6.07, 6.45) is 2.60. The van der Waals surface area contributed by atoms with E-state index in [1.807, 2.05) is 6.07 Å². The minimum Gasteiger partial charge on any atom is -0.454 e. The fourth-order valence-corrected chi connectivity index (χ4v) is 4.73. The van der Waals surface area contributed by atoms with Crippen molar-refractivity contribution < 1.29 is 14.2 Å². The van der Waals surface area contributed by atoms with Crippen molar-refractivity contribution in [2.45, 2.75) is 39.3 Å². The van der Waals surface area contributed by atoms with Crippen LogP contribution in [0.4, 0.5) is 5.13 Å². The highest BCUT2D eigenvalue weighted by Crippen LogP contribution is 2.34. The zero-order valence-electron chi connectivity index (χ0n) is 16.7. The Balaban J connectivity index is 1.33. The largest absolute Gasteiger partial charge is 0.454 e. The van der Waals surface area contributed by atoms with Crippen LogP contribution in [0.25, 0.3) is 11.3 Å². The van der Waals surface area contributed by atoms with Gasteiger partial charge in [0.1, 0.15) is 0 Å². The SMILES string of the molecule is Cc1cc(-c2csc(NCC3CCCO3)n2)c(C)n1Cc1ccc2c(c1)OCO2. The fraction of sp³-hybridized carbons (Fsp3) is 0.409. The van der Waals surface area contributed by atoms with E-state index in [0.717, 1.165) is 54.9 Å². The first-order chi connectivity index (χ1) is 14.2. The fourth-order valence-electron chi connectivity index (χ4n) is 4.01. The van der Waals surface area contributed by atoms with Crippen LogP contribution >= 0.6 is 11.3 Å². The van der Waals surface area contributed by atoms with Crippen LogP contribution in [0.2, 0.25) is 0 Å². The molecule has 2 aliphatic rings. The van der Waals surface area contributed by atoms with Crippen LogP contribution in [0.1, 0.15) is 29.8 Å². The molecule has 0 radical (unpaired) electrons. The first-order valence-electron chi connectivity index (χ1n) is 10.0. The number of hydrogen-bond donors (Lipinski definition) is 1. The Kier molecular flexibility index (Phi) is 4.93. The maximum Gasteiger partial charge on any atom is 0.231 e. The molecule has 1 N–H and O–H groups in total. The Labute approximate surface area is 174 Å². The summed E-state index contributed by atoms with van der Waals surface area (Å²) < 4.78 is 18.9. The van der Waals surface area contributed by atoms with E-state index in [4.69, 9.17) is 19.2 Å². The van der Waals surface area contributed by atoms with Gasteiger partial charge in [0.25, 0.3) is 0 Å². The Morgan fingerprint density at radius 2 is 2.10 bits per heavy atom. The van der Waals surface area contributed by atoms with Gasteiger partial charge in [0.15, 0.2) is 16.6 Å². The van der Waals surface area contributed by atoms with Crippen molar-refractivity contribution in [1.29, 1.82) is 0 Å². The van der Waals surface area contributed by atoms with E-state index in [2.05, 4.69) is 47.3 Å². The molecular weight excluding hydrogens is 386 g/mol. The van der Waals surface area contributed by atoms with Crippen LogP contribution < -0.4 is 14.8 Å². The van der Waals surface area contributed by atoms with E-state index in [1.165, 1.54) is 22.5 Å². The number of thiazole rings is 1. The molecule has 0 aliphatic carbocycles. The van der Waals surface area contributed by atoms with Gasteiger partial charge in [-0.25, -0.2) is 4.98 Å². The Morgan fingerprint density at radius 3 is 2.97 bits per heavy atom. The number of aryl methyl sites for hydroxylation is 1. The van der Waals surface area contributed by atoms with E-state index >= 15 is 0 Å². The lowest BCUT2D eigenvalue weighted by atomic mass is 10.2. The minimum atomic E-state index is 0.303. The number of rotatable bonds is 6. The molecule has 1 fully saturated rings. The lowest BCUT2D eigenvalue weighted by Gasteiger charge is -2.10. The number of hydrogen-bond acceptors (Lipinski definition) is 6. The van der Waals surface area contributed by atoms with Crippen LogP contribution in [0, 0.1) is 13.8 Å². The van der Waals surface area contributed by atoms with Gasteiger partial charge in [-0.2, -0.15) is 0 Å². The highest BCUT2D eigenvalue weighted by molar-refractivity contribution is 7.14. The average Bonchev–Trinajstić information content (AvgIpc) is 3.50. The van der Waals surface area contributed by atoms with Gasteiger partial charge in [-0.15, -0.1) is 11.3 Å². The van der Waals surface area contributed by atoms with E-state index in [9.17, 15) is 0 Å². The number of fused-ring (bicyclic) bond motifs is 1. The van der Waals surface area contributed by atoms with E-state index in [0.29, 0.717) is 12.9 Å². The molecule has 0 amide bonds. The first-order valence-corrected chi connectivity index (χ1v) is 10.9. The molecule has 0 bridgehead atoms. The molecule has 3 aromatic rings. The molecular formula is C22H25N3O3S. The van der Waals surface area contributed by atoms with Crippen molar-refractivity contribution in [3.05, 3.63) is 46.6 Å². The summed E-state index contributed by atoms with van der Waals surface area (Å²) in [4.78, 5) is 4.81. The summed E-state index contributed by atoms with van der Waals surface area (Å²) in [5.41, 5.74) is 5.84. The zero-order valence-corrected chi connectivity index (χ0v) is 17.6. The molecule has 1 saturated heterocycles. The second-order valence-electron chi connectivity index (χ2n) is 7.61. The highest BCUT2D eigenvalue weighted by Gasteiger charge is 2.18. The van der Waals surface area contributed by atoms with Gasteiger partial charge in [0.05, 0.1) is 11.8 Å². The maximum absolute atomic E-state index is 5.68. The van der Waals surface area contributed by atoms with E-state index in [-0.39, 0.29) is 0 Å². The van der Waals surface area contributed by atoms with Crippen molar-refractivity contribution in [1.82, 2.24) is 9.55 Å². The quantitative estimate of drug-likeness (QED) is 0.643. The maximum atomic E-state index is 5.68. The van der Waals surface area contributed by atoms with Crippen molar-refractivity contribution in [2.24, 2.45) is 0 Å². The number of nitrogens with zero attached hydrogens (tertiary/aromatic N) is 2. The average molecular weight is 412 g/mol. The molecule has 152 valence electrons. The topological polar surface area (TPSA) is 57.5 Å². The Bertz CT molecular complexity index is 1020. The highest BCUT2D eigenvalue weighted by atomic mass is 32.1. The predicted octanol–water partition coefficient (Wildman–Crippen LogP) is 4.60. The predicted molar refractivity (Wildman–Crippen MR) is 114 cm³/mol. The smallest absolute Gasteiger partial charge is 0.231 e.